The quantitative estimate of drug-likeness (QED) is 0.423. The van der Waals surface area contributed by atoms with Gasteiger partial charge in [-0.25, -0.2) is 0 Å². The Kier molecular flexibility index (Phi) is 7.86. The molecule has 1 aromatic rings. The highest BCUT2D eigenvalue weighted by molar-refractivity contribution is 8.02. The summed E-state index contributed by atoms with van der Waals surface area (Å²) in [5, 5.41) is 11.4. The van der Waals surface area contributed by atoms with Gasteiger partial charge >= 0.3 is 5.97 Å². The number of aromatic nitrogens is 2. The first-order valence-electron chi connectivity index (χ1n) is 6.39. The van der Waals surface area contributed by atoms with Gasteiger partial charge in [-0.3, -0.25) is 4.79 Å². The van der Waals surface area contributed by atoms with E-state index >= 15 is 0 Å². The second-order valence-electron chi connectivity index (χ2n) is 4.34. The highest BCUT2D eigenvalue weighted by Gasteiger charge is 2.32. The van der Waals surface area contributed by atoms with Crippen molar-refractivity contribution in [3.05, 3.63) is 0 Å². The maximum absolute atomic E-state index is 11.8. The second-order valence-corrected chi connectivity index (χ2v) is 7.72. The van der Waals surface area contributed by atoms with Crippen LogP contribution in [0.5, 0.6) is 0 Å². The molecule has 1 aromatic heterocycles. The van der Waals surface area contributed by atoms with Crippen molar-refractivity contribution < 1.29 is 9.53 Å². The molecule has 5 nitrogen and oxygen atoms in total. The van der Waals surface area contributed by atoms with Gasteiger partial charge in [0.15, 0.2) is 8.68 Å². The number of rotatable bonds is 9. The number of hydrogen-bond donors (Lipinski definition) is 1. The third-order valence-corrected chi connectivity index (χ3v) is 5.93. The molecule has 1 rings (SSSR count). The number of methoxy groups -OCH3 is 1. The summed E-state index contributed by atoms with van der Waals surface area (Å²) in [6.45, 7) is 4.62. The first-order chi connectivity index (χ1) is 9.55. The number of carbonyl (C=O) groups is 1. The molecule has 0 aromatic carbocycles. The number of carbonyl (C=O) groups excluding carboxylic acids is 1. The molecule has 1 heterocycles. The molecule has 0 aliphatic rings. The zero-order valence-corrected chi connectivity index (χ0v) is 14.7. The minimum absolute atomic E-state index is 0.204. The van der Waals surface area contributed by atoms with Gasteiger partial charge in [0, 0.05) is 5.75 Å². The van der Waals surface area contributed by atoms with Crippen LogP contribution in [0, 0.1) is 0 Å². The van der Waals surface area contributed by atoms with Crippen molar-refractivity contribution in [2.24, 2.45) is 0 Å². The maximum Gasteiger partial charge on any atom is 0.325 e. The zero-order valence-electron chi connectivity index (χ0n) is 12.3. The lowest BCUT2D eigenvalue weighted by atomic mass is 9.96. The molecule has 0 saturated heterocycles. The fourth-order valence-electron chi connectivity index (χ4n) is 1.80. The topological polar surface area (TPSA) is 64.1 Å². The van der Waals surface area contributed by atoms with Crippen LogP contribution in [0.3, 0.4) is 0 Å². The van der Waals surface area contributed by atoms with Crippen molar-refractivity contribution in [2.75, 3.05) is 25.7 Å². The molecule has 20 heavy (non-hydrogen) atoms. The average molecular weight is 336 g/mol. The molecule has 0 fully saturated rings. The van der Waals surface area contributed by atoms with Gasteiger partial charge in [-0.05, 0) is 32.6 Å². The van der Waals surface area contributed by atoms with Crippen LogP contribution < -0.4 is 5.32 Å². The first kappa shape index (κ1) is 17.7. The molecule has 0 saturated carbocycles. The van der Waals surface area contributed by atoms with Crippen LogP contribution in [0.1, 0.15) is 26.7 Å². The molecular formula is C12H21N3O2S3. The molecule has 1 unspecified atom stereocenters. The highest BCUT2D eigenvalue weighted by atomic mass is 32.2. The smallest absolute Gasteiger partial charge is 0.325 e. The Bertz CT molecular complexity index is 428. The van der Waals surface area contributed by atoms with E-state index in [0.29, 0.717) is 0 Å². The van der Waals surface area contributed by atoms with E-state index in [-0.39, 0.29) is 5.97 Å². The predicted octanol–water partition coefficient (Wildman–Crippen LogP) is 2.67. The molecule has 0 spiro atoms. The minimum Gasteiger partial charge on any atom is -0.468 e. The van der Waals surface area contributed by atoms with Crippen molar-refractivity contribution in [1.82, 2.24) is 15.5 Å². The monoisotopic (exact) mass is 335 g/mol. The van der Waals surface area contributed by atoms with E-state index in [9.17, 15) is 4.79 Å². The number of ether oxygens (including phenoxy) is 1. The number of nitrogens with zero attached hydrogens (tertiary/aromatic N) is 2. The van der Waals surface area contributed by atoms with E-state index < -0.39 is 5.54 Å². The molecular weight excluding hydrogens is 314 g/mol. The molecule has 0 bridgehead atoms. The van der Waals surface area contributed by atoms with Gasteiger partial charge in [-0.15, -0.1) is 10.2 Å². The first-order valence-corrected chi connectivity index (χ1v) is 9.42. The number of nitrogens with one attached hydrogen (secondary N) is 1. The van der Waals surface area contributed by atoms with E-state index in [2.05, 4.69) is 15.5 Å². The largest absolute Gasteiger partial charge is 0.468 e. The molecule has 0 amide bonds. The van der Waals surface area contributed by atoms with Crippen molar-refractivity contribution in [3.63, 3.8) is 0 Å². The number of esters is 1. The van der Waals surface area contributed by atoms with Crippen LogP contribution in [0.25, 0.3) is 0 Å². The van der Waals surface area contributed by atoms with Gasteiger partial charge in [0.25, 0.3) is 0 Å². The molecule has 1 N–H and O–H groups in total. The van der Waals surface area contributed by atoms with Crippen LogP contribution in [0.2, 0.25) is 0 Å². The third kappa shape index (κ3) is 5.23. The second kappa shape index (κ2) is 8.86. The molecule has 0 aliphatic carbocycles. The van der Waals surface area contributed by atoms with Crippen molar-refractivity contribution in [3.8, 4) is 0 Å². The number of thioether (sulfide) groups is 2. The molecule has 0 radical (unpaired) electrons. The summed E-state index contributed by atoms with van der Waals surface area (Å²) in [4.78, 5) is 11.8. The summed E-state index contributed by atoms with van der Waals surface area (Å²) in [5.41, 5.74) is -0.602. The summed E-state index contributed by atoms with van der Waals surface area (Å²) in [6.07, 6.45) is 3.65. The normalized spacial score (nSPS) is 14.0. The number of hydrogen-bond acceptors (Lipinski definition) is 8. The van der Waals surface area contributed by atoms with Crippen LogP contribution in [0.4, 0.5) is 0 Å². The van der Waals surface area contributed by atoms with Gasteiger partial charge in [0.05, 0.1) is 7.11 Å². The van der Waals surface area contributed by atoms with E-state index in [1.54, 1.807) is 34.9 Å². The van der Waals surface area contributed by atoms with Crippen LogP contribution in [-0.2, 0) is 9.53 Å². The Morgan fingerprint density at radius 1 is 1.45 bits per heavy atom. The highest BCUT2D eigenvalue weighted by Crippen LogP contribution is 2.28. The van der Waals surface area contributed by atoms with Gasteiger partial charge in [0.1, 0.15) is 5.54 Å². The van der Waals surface area contributed by atoms with E-state index in [0.717, 1.165) is 33.8 Å². The standard InChI is InChI=1S/C12H21N3O2S3/c1-5-13-12(2,9(16)17-3)7-6-8-19-11-15-14-10(18-4)20-11/h13H,5-8H2,1-4H3. The SMILES string of the molecule is CCNC(C)(CCCSc1nnc(SC)s1)C(=O)OC. The molecule has 114 valence electrons. The van der Waals surface area contributed by atoms with Crippen molar-refractivity contribution in [1.29, 1.82) is 0 Å². The van der Waals surface area contributed by atoms with E-state index in [1.165, 1.54) is 7.11 Å². The average Bonchev–Trinajstić information content (AvgIpc) is 2.91. The van der Waals surface area contributed by atoms with E-state index in [1.807, 2.05) is 20.1 Å². The molecule has 8 heteroatoms. The van der Waals surface area contributed by atoms with Crippen LogP contribution in [0.15, 0.2) is 8.68 Å². The Morgan fingerprint density at radius 2 is 2.15 bits per heavy atom. The van der Waals surface area contributed by atoms with Crippen LogP contribution >= 0.6 is 34.9 Å². The summed E-state index contributed by atoms with van der Waals surface area (Å²) in [6, 6.07) is 0. The molecule has 1 atom stereocenters. The summed E-state index contributed by atoms with van der Waals surface area (Å²) in [7, 11) is 1.43. The lowest BCUT2D eigenvalue weighted by Crippen LogP contribution is -2.50. The fourth-order valence-corrected chi connectivity index (χ4v) is 4.25. The lowest BCUT2D eigenvalue weighted by Gasteiger charge is -2.27. The summed E-state index contributed by atoms with van der Waals surface area (Å²) in [5.74, 6) is 0.714. The summed E-state index contributed by atoms with van der Waals surface area (Å²) < 4.78 is 6.84. The Balaban J connectivity index is 2.39. The number of likely N-dealkylation sites (N-methyl/N-ethyl adjacent to an activating group) is 1. The zero-order chi connectivity index (χ0) is 15.0. The van der Waals surface area contributed by atoms with Crippen molar-refractivity contribution in [2.45, 2.75) is 40.9 Å². The van der Waals surface area contributed by atoms with Gasteiger partial charge in [-0.1, -0.05) is 41.8 Å². The maximum atomic E-state index is 11.8. The Morgan fingerprint density at radius 3 is 2.70 bits per heavy atom. The third-order valence-electron chi connectivity index (χ3n) is 2.81. The predicted molar refractivity (Wildman–Crippen MR) is 85.7 cm³/mol. The minimum atomic E-state index is -0.602. The summed E-state index contributed by atoms with van der Waals surface area (Å²) >= 11 is 4.90. The lowest BCUT2D eigenvalue weighted by molar-refractivity contribution is -0.148. The Labute approximate surface area is 132 Å². The van der Waals surface area contributed by atoms with Gasteiger partial charge in [-0.2, -0.15) is 0 Å². The van der Waals surface area contributed by atoms with Crippen molar-refractivity contribution >= 4 is 40.8 Å². The molecule has 0 aliphatic heterocycles. The fraction of sp³-hybridized carbons (Fsp3) is 0.750. The van der Waals surface area contributed by atoms with Crippen LogP contribution in [-0.4, -0.2) is 47.4 Å². The van der Waals surface area contributed by atoms with Gasteiger partial charge < -0.3 is 10.1 Å². The Hall–Kier alpha value is -0.310. The van der Waals surface area contributed by atoms with Gasteiger partial charge in [0.2, 0.25) is 0 Å². The van der Waals surface area contributed by atoms with E-state index in [4.69, 9.17) is 4.74 Å².